The molecule has 2 aromatic carbocycles. The van der Waals surface area contributed by atoms with E-state index in [1.807, 2.05) is 48.5 Å². The Morgan fingerprint density at radius 2 is 1.30 bits per heavy atom. The van der Waals surface area contributed by atoms with Crippen LogP contribution in [0.2, 0.25) is 0 Å². The first-order valence-corrected chi connectivity index (χ1v) is 6.48. The van der Waals surface area contributed by atoms with E-state index in [2.05, 4.69) is 0 Å². The van der Waals surface area contributed by atoms with Crippen LogP contribution in [0.3, 0.4) is 0 Å². The highest BCUT2D eigenvalue weighted by Crippen LogP contribution is 2.09. The van der Waals surface area contributed by atoms with Gasteiger partial charge in [0.15, 0.2) is 0 Å². The summed E-state index contributed by atoms with van der Waals surface area (Å²) >= 11 is 0. The smallest absolute Gasteiger partial charge is 0.122 e. The van der Waals surface area contributed by atoms with Crippen LogP contribution in [-0.4, -0.2) is 5.84 Å². The molecule has 0 bridgehead atoms. The van der Waals surface area contributed by atoms with Crippen molar-refractivity contribution in [1.82, 2.24) is 0 Å². The van der Waals surface area contributed by atoms with E-state index in [1.165, 1.54) is 0 Å². The molecule has 0 aromatic heterocycles. The molecule has 4 nitrogen and oxygen atoms in total. The van der Waals surface area contributed by atoms with E-state index in [0.717, 1.165) is 22.3 Å². The average molecular weight is 269 g/mol. The van der Waals surface area contributed by atoms with Crippen LogP contribution in [0.4, 0.5) is 0 Å². The molecule has 4 heteroatoms. The van der Waals surface area contributed by atoms with E-state index >= 15 is 0 Å². The molecule has 20 heavy (non-hydrogen) atoms. The maximum atomic E-state index is 7.33. The lowest BCUT2D eigenvalue weighted by molar-refractivity contribution is 0.107. The summed E-state index contributed by atoms with van der Waals surface area (Å²) in [5, 5.41) is 7.33. The van der Waals surface area contributed by atoms with Crippen molar-refractivity contribution in [3.63, 3.8) is 0 Å². The van der Waals surface area contributed by atoms with E-state index < -0.39 is 0 Å². The summed E-state index contributed by atoms with van der Waals surface area (Å²) in [6, 6.07) is 15.6. The fraction of sp³-hybridized carbons (Fsp3) is 0.188. The highest BCUT2D eigenvalue weighted by molar-refractivity contribution is 5.94. The Morgan fingerprint density at radius 3 is 1.75 bits per heavy atom. The molecule has 0 aliphatic rings. The zero-order chi connectivity index (χ0) is 14.4. The summed E-state index contributed by atoms with van der Waals surface area (Å²) in [6.07, 6.45) is 0. The van der Waals surface area contributed by atoms with Crippen molar-refractivity contribution in [3.05, 3.63) is 70.8 Å². The zero-order valence-electron chi connectivity index (χ0n) is 11.3. The van der Waals surface area contributed by atoms with Crippen molar-refractivity contribution >= 4 is 5.84 Å². The Balaban J connectivity index is 1.84. The Labute approximate surface area is 118 Å². The molecule has 2 rings (SSSR count). The number of benzene rings is 2. The third kappa shape index (κ3) is 3.91. The first kappa shape index (κ1) is 14.2. The van der Waals surface area contributed by atoms with E-state index in [4.69, 9.17) is 21.6 Å². The van der Waals surface area contributed by atoms with Gasteiger partial charge in [0.2, 0.25) is 0 Å². The van der Waals surface area contributed by atoms with E-state index in [-0.39, 0.29) is 5.84 Å². The van der Waals surface area contributed by atoms with Crippen molar-refractivity contribution in [3.8, 4) is 0 Å². The first-order valence-electron chi connectivity index (χ1n) is 6.48. The van der Waals surface area contributed by atoms with Gasteiger partial charge in [-0.15, -0.1) is 0 Å². The quantitative estimate of drug-likeness (QED) is 0.555. The SMILES string of the molecule is N=C(N)c1ccc(COCc2ccc(CN)cc2)cc1. The van der Waals surface area contributed by atoms with Crippen LogP contribution >= 0.6 is 0 Å². The van der Waals surface area contributed by atoms with Crippen LogP contribution in [0.5, 0.6) is 0 Å². The number of ether oxygens (including phenoxy) is 1. The number of rotatable bonds is 6. The largest absolute Gasteiger partial charge is 0.384 e. The Hall–Kier alpha value is -2.17. The molecule has 0 heterocycles. The highest BCUT2D eigenvalue weighted by atomic mass is 16.5. The van der Waals surface area contributed by atoms with Gasteiger partial charge in [0, 0.05) is 12.1 Å². The fourth-order valence-electron chi connectivity index (χ4n) is 1.84. The van der Waals surface area contributed by atoms with Crippen molar-refractivity contribution in [2.24, 2.45) is 11.5 Å². The van der Waals surface area contributed by atoms with Gasteiger partial charge in [0.25, 0.3) is 0 Å². The highest BCUT2D eigenvalue weighted by Gasteiger charge is 1.98. The van der Waals surface area contributed by atoms with Gasteiger partial charge in [0.1, 0.15) is 5.84 Å². The van der Waals surface area contributed by atoms with Gasteiger partial charge in [-0.1, -0.05) is 48.5 Å². The summed E-state index contributed by atoms with van der Waals surface area (Å²) < 4.78 is 5.66. The number of hydrogen-bond donors (Lipinski definition) is 3. The second kappa shape index (κ2) is 6.84. The first-order chi connectivity index (χ1) is 9.69. The second-order valence-electron chi connectivity index (χ2n) is 4.62. The maximum Gasteiger partial charge on any atom is 0.122 e. The van der Waals surface area contributed by atoms with E-state index in [9.17, 15) is 0 Å². The van der Waals surface area contributed by atoms with Gasteiger partial charge in [-0.3, -0.25) is 5.41 Å². The zero-order valence-corrected chi connectivity index (χ0v) is 11.3. The van der Waals surface area contributed by atoms with Crippen LogP contribution in [0.1, 0.15) is 22.3 Å². The van der Waals surface area contributed by atoms with E-state index in [1.54, 1.807) is 0 Å². The van der Waals surface area contributed by atoms with Crippen molar-refractivity contribution in [2.45, 2.75) is 19.8 Å². The van der Waals surface area contributed by atoms with Gasteiger partial charge < -0.3 is 16.2 Å². The van der Waals surface area contributed by atoms with Crippen LogP contribution in [0.25, 0.3) is 0 Å². The number of nitrogens with two attached hydrogens (primary N) is 2. The minimum atomic E-state index is 0.0810. The van der Waals surface area contributed by atoms with Gasteiger partial charge in [-0.05, 0) is 16.7 Å². The maximum absolute atomic E-state index is 7.33. The molecular weight excluding hydrogens is 250 g/mol. The third-order valence-corrected chi connectivity index (χ3v) is 3.06. The second-order valence-corrected chi connectivity index (χ2v) is 4.62. The molecule has 0 fully saturated rings. The molecule has 0 saturated heterocycles. The normalized spacial score (nSPS) is 10.4. The minimum absolute atomic E-state index is 0.0810. The number of hydrogen-bond acceptors (Lipinski definition) is 3. The van der Waals surface area contributed by atoms with Gasteiger partial charge >= 0.3 is 0 Å². The van der Waals surface area contributed by atoms with Crippen LogP contribution in [0.15, 0.2) is 48.5 Å². The molecule has 0 amide bonds. The van der Waals surface area contributed by atoms with Crippen LogP contribution in [0, 0.1) is 5.41 Å². The summed E-state index contributed by atoms with van der Waals surface area (Å²) in [5.41, 5.74) is 15.0. The molecule has 0 saturated carbocycles. The summed E-state index contributed by atoms with van der Waals surface area (Å²) in [7, 11) is 0. The molecule has 0 aliphatic carbocycles. The van der Waals surface area contributed by atoms with Crippen molar-refractivity contribution in [2.75, 3.05) is 0 Å². The third-order valence-electron chi connectivity index (χ3n) is 3.06. The molecule has 5 N–H and O–H groups in total. The molecule has 0 aliphatic heterocycles. The number of amidine groups is 1. The average Bonchev–Trinajstić information content (AvgIpc) is 2.48. The lowest BCUT2D eigenvalue weighted by Gasteiger charge is -2.06. The lowest BCUT2D eigenvalue weighted by atomic mass is 10.1. The predicted molar refractivity (Wildman–Crippen MR) is 80.3 cm³/mol. The molecule has 104 valence electrons. The fourth-order valence-corrected chi connectivity index (χ4v) is 1.84. The molecular formula is C16H19N3O. The molecule has 0 radical (unpaired) electrons. The van der Waals surface area contributed by atoms with E-state index in [0.29, 0.717) is 19.8 Å². The summed E-state index contributed by atoms with van der Waals surface area (Å²) in [5.74, 6) is 0.0810. The van der Waals surface area contributed by atoms with Gasteiger partial charge in [-0.2, -0.15) is 0 Å². The molecule has 0 atom stereocenters. The predicted octanol–water partition coefficient (Wildman–Crippen LogP) is 2.15. The van der Waals surface area contributed by atoms with Crippen molar-refractivity contribution < 1.29 is 4.74 Å². The Bertz CT molecular complexity index is 561. The minimum Gasteiger partial charge on any atom is -0.384 e. The Kier molecular flexibility index (Phi) is 4.87. The molecule has 0 spiro atoms. The van der Waals surface area contributed by atoms with Crippen molar-refractivity contribution in [1.29, 1.82) is 5.41 Å². The Morgan fingerprint density at radius 1 is 0.850 bits per heavy atom. The lowest BCUT2D eigenvalue weighted by Crippen LogP contribution is -2.10. The number of nitrogens with one attached hydrogen (secondary N) is 1. The van der Waals surface area contributed by atoms with Crippen LogP contribution in [-0.2, 0) is 24.5 Å². The topological polar surface area (TPSA) is 85.1 Å². The summed E-state index contributed by atoms with van der Waals surface area (Å²) in [4.78, 5) is 0. The van der Waals surface area contributed by atoms with Gasteiger partial charge in [-0.25, -0.2) is 0 Å². The van der Waals surface area contributed by atoms with Gasteiger partial charge in [0.05, 0.1) is 13.2 Å². The standard InChI is InChI=1S/C16H19N3O/c17-9-12-1-3-13(4-2-12)10-20-11-14-5-7-15(8-6-14)16(18)19/h1-8H,9-11,17H2,(H3,18,19). The summed E-state index contributed by atoms with van der Waals surface area (Å²) in [6.45, 7) is 1.67. The number of nitrogen functional groups attached to an aromatic ring is 1. The molecule has 2 aromatic rings. The van der Waals surface area contributed by atoms with Crippen LogP contribution < -0.4 is 11.5 Å². The monoisotopic (exact) mass is 269 g/mol. The molecule has 0 unspecified atom stereocenters.